The molecule has 0 saturated carbocycles. The van der Waals surface area contributed by atoms with Gasteiger partial charge in [-0.15, -0.1) is 0 Å². The number of likely N-dealkylation sites (tertiary alicyclic amines) is 1. The summed E-state index contributed by atoms with van der Waals surface area (Å²) in [6.45, 7) is 1.11. The second-order valence-electron chi connectivity index (χ2n) is 6.79. The molecular formula is C19H25NO4. The van der Waals surface area contributed by atoms with Gasteiger partial charge >= 0.3 is 0 Å². The maximum absolute atomic E-state index is 6.31. The first-order valence-corrected chi connectivity index (χ1v) is 8.51. The Morgan fingerprint density at radius 1 is 1.08 bits per heavy atom. The SMILES string of the molecule is COc1cc2c(cc1OC)[C@@H](OC)O[C@@H]1CC=C3CCN(C)[C@H]3C21. The van der Waals surface area contributed by atoms with Crippen molar-refractivity contribution in [2.45, 2.75) is 37.2 Å². The van der Waals surface area contributed by atoms with Crippen LogP contribution in [0.3, 0.4) is 0 Å². The normalized spacial score (nSPS) is 31.8. The Morgan fingerprint density at radius 2 is 1.79 bits per heavy atom. The first-order chi connectivity index (χ1) is 11.7. The number of benzene rings is 1. The maximum atomic E-state index is 6.31. The van der Waals surface area contributed by atoms with Crippen LogP contribution in [0, 0.1) is 0 Å². The van der Waals surface area contributed by atoms with Gasteiger partial charge in [0.1, 0.15) is 0 Å². The first kappa shape index (κ1) is 15.9. The lowest BCUT2D eigenvalue weighted by Crippen LogP contribution is -2.45. The Kier molecular flexibility index (Phi) is 4.03. The quantitative estimate of drug-likeness (QED) is 0.797. The van der Waals surface area contributed by atoms with E-state index in [1.54, 1.807) is 26.9 Å². The molecule has 2 heterocycles. The molecular weight excluding hydrogens is 306 g/mol. The van der Waals surface area contributed by atoms with E-state index in [4.69, 9.17) is 18.9 Å². The molecule has 0 N–H and O–H groups in total. The van der Waals surface area contributed by atoms with Crippen molar-refractivity contribution in [1.29, 1.82) is 0 Å². The second-order valence-corrected chi connectivity index (χ2v) is 6.79. The maximum Gasteiger partial charge on any atom is 0.184 e. The van der Waals surface area contributed by atoms with Crippen molar-refractivity contribution in [3.8, 4) is 11.5 Å². The molecule has 0 spiro atoms. The summed E-state index contributed by atoms with van der Waals surface area (Å²) in [7, 11) is 7.24. The zero-order chi connectivity index (χ0) is 16.8. The van der Waals surface area contributed by atoms with E-state index in [0.717, 1.165) is 30.7 Å². The van der Waals surface area contributed by atoms with Crippen molar-refractivity contribution < 1.29 is 18.9 Å². The highest BCUT2D eigenvalue weighted by Gasteiger charge is 2.47. The van der Waals surface area contributed by atoms with Crippen molar-refractivity contribution in [1.82, 2.24) is 4.90 Å². The smallest absolute Gasteiger partial charge is 0.184 e. The molecule has 4 rings (SSSR count). The van der Waals surface area contributed by atoms with Gasteiger partial charge in [-0.05, 0) is 37.6 Å². The van der Waals surface area contributed by atoms with Gasteiger partial charge in [-0.2, -0.15) is 0 Å². The summed E-state index contributed by atoms with van der Waals surface area (Å²) < 4.78 is 23.0. The minimum Gasteiger partial charge on any atom is -0.493 e. The molecule has 0 bridgehead atoms. The molecule has 3 aliphatic rings. The van der Waals surface area contributed by atoms with E-state index >= 15 is 0 Å². The highest BCUT2D eigenvalue weighted by Crippen LogP contribution is 2.50. The topological polar surface area (TPSA) is 40.2 Å². The van der Waals surface area contributed by atoms with Crippen LogP contribution >= 0.6 is 0 Å². The van der Waals surface area contributed by atoms with E-state index in [0.29, 0.717) is 17.7 Å². The van der Waals surface area contributed by atoms with Gasteiger partial charge in [0.2, 0.25) is 0 Å². The average Bonchev–Trinajstić information content (AvgIpc) is 3.00. The largest absolute Gasteiger partial charge is 0.493 e. The molecule has 1 saturated heterocycles. The fraction of sp³-hybridized carbons (Fsp3) is 0.579. The Hall–Kier alpha value is -1.56. The molecule has 1 aromatic rings. The molecule has 1 fully saturated rings. The van der Waals surface area contributed by atoms with Gasteiger partial charge in [0.25, 0.3) is 0 Å². The average molecular weight is 331 g/mol. The van der Waals surface area contributed by atoms with E-state index in [2.05, 4.69) is 24.1 Å². The molecule has 24 heavy (non-hydrogen) atoms. The fourth-order valence-corrected chi connectivity index (χ4v) is 4.55. The number of nitrogens with zero attached hydrogens (tertiary/aromatic N) is 1. The van der Waals surface area contributed by atoms with Crippen molar-refractivity contribution >= 4 is 0 Å². The Morgan fingerprint density at radius 3 is 2.46 bits per heavy atom. The fourth-order valence-electron chi connectivity index (χ4n) is 4.55. The number of methoxy groups -OCH3 is 3. The molecule has 1 unspecified atom stereocenters. The molecule has 2 aliphatic heterocycles. The highest BCUT2D eigenvalue weighted by molar-refractivity contribution is 5.52. The van der Waals surface area contributed by atoms with Crippen LogP contribution in [-0.2, 0) is 9.47 Å². The lowest BCUT2D eigenvalue weighted by atomic mass is 9.74. The van der Waals surface area contributed by atoms with Gasteiger partial charge in [0, 0.05) is 31.2 Å². The standard InChI is InChI=1S/C19H25NO4/c1-20-8-7-11-5-6-14-17(18(11)20)12-9-15(21-2)16(22-3)10-13(12)19(23-4)24-14/h5,9-10,14,17-19H,6-8H2,1-4H3/t14-,17?,18-,19+/m1/s1. The van der Waals surface area contributed by atoms with Crippen LogP contribution in [0.5, 0.6) is 11.5 Å². The van der Waals surface area contributed by atoms with Crippen molar-refractivity contribution in [2.24, 2.45) is 0 Å². The Bertz CT molecular complexity index is 672. The third-order valence-electron chi connectivity index (χ3n) is 5.68. The van der Waals surface area contributed by atoms with Gasteiger partial charge in [-0.3, -0.25) is 4.90 Å². The summed E-state index contributed by atoms with van der Waals surface area (Å²) in [5.74, 6) is 1.79. The van der Waals surface area contributed by atoms with Crippen LogP contribution in [0.15, 0.2) is 23.8 Å². The summed E-state index contributed by atoms with van der Waals surface area (Å²) in [5.41, 5.74) is 3.86. The first-order valence-electron chi connectivity index (χ1n) is 8.51. The lowest BCUT2D eigenvalue weighted by molar-refractivity contribution is -0.179. The molecule has 5 nitrogen and oxygen atoms in total. The van der Waals surface area contributed by atoms with Gasteiger partial charge in [-0.1, -0.05) is 11.6 Å². The number of fused-ring (bicyclic) bond motifs is 5. The summed E-state index contributed by atoms with van der Waals surface area (Å²) >= 11 is 0. The molecule has 0 radical (unpaired) electrons. The summed E-state index contributed by atoms with van der Waals surface area (Å²) in [6, 6.07) is 4.53. The van der Waals surface area contributed by atoms with Crippen molar-refractivity contribution in [2.75, 3.05) is 34.9 Å². The van der Waals surface area contributed by atoms with Crippen LogP contribution in [0.2, 0.25) is 0 Å². The van der Waals surface area contributed by atoms with Gasteiger partial charge in [-0.25, -0.2) is 0 Å². The van der Waals surface area contributed by atoms with E-state index in [9.17, 15) is 0 Å². The van der Waals surface area contributed by atoms with Crippen LogP contribution < -0.4 is 9.47 Å². The summed E-state index contributed by atoms with van der Waals surface area (Å²) in [6.07, 6.45) is 4.24. The van der Waals surface area contributed by atoms with E-state index < -0.39 is 0 Å². The van der Waals surface area contributed by atoms with Crippen LogP contribution in [-0.4, -0.2) is 52.0 Å². The third-order valence-corrected chi connectivity index (χ3v) is 5.68. The number of likely N-dealkylation sites (N-methyl/N-ethyl adjacent to an activating group) is 1. The molecule has 0 aromatic heterocycles. The van der Waals surface area contributed by atoms with Crippen LogP contribution in [0.4, 0.5) is 0 Å². The van der Waals surface area contributed by atoms with Crippen LogP contribution in [0.25, 0.3) is 0 Å². The van der Waals surface area contributed by atoms with Crippen molar-refractivity contribution in [3.05, 3.63) is 34.9 Å². The molecule has 130 valence electrons. The molecule has 4 atom stereocenters. The van der Waals surface area contributed by atoms with Gasteiger partial charge in [0.15, 0.2) is 17.8 Å². The summed E-state index contributed by atoms with van der Waals surface area (Å²) in [5, 5.41) is 0. The van der Waals surface area contributed by atoms with Crippen molar-refractivity contribution in [3.63, 3.8) is 0 Å². The number of hydrogen-bond donors (Lipinski definition) is 0. The van der Waals surface area contributed by atoms with E-state index in [1.807, 2.05) is 6.07 Å². The number of rotatable bonds is 3. The lowest BCUT2D eigenvalue weighted by Gasteiger charge is -2.44. The van der Waals surface area contributed by atoms with Gasteiger partial charge in [0.05, 0.1) is 20.3 Å². The Balaban J connectivity index is 1.86. The number of ether oxygens (including phenoxy) is 4. The van der Waals surface area contributed by atoms with E-state index in [1.165, 1.54) is 5.56 Å². The molecule has 0 amide bonds. The van der Waals surface area contributed by atoms with Crippen LogP contribution in [0.1, 0.15) is 36.2 Å². The molecule has 5 heteroatoms. The molecule has 1 aliphatic carbocycles. The van der Waals surface area contributed by atoms with E-state index in [-0.39, 0.29) is 12.4 Å². The third kappa shape index (κ3) is 2.26. The Labute approximate surface area is 143 Å². The predicted molar refractivity (Wildman–Crippen MR) is 90.6 cm³/mol. The predicted octanol–water partition coefficient (Wildman–Crippen LogP) is 2.87. The second kappa shape index (κ2) is 6.06. The molecule has 1 aromatic carbocycles. The monoisotopic (exact) mass is 331 g/mol. The summed E-state index contributed by atoms with van der Waals surface area (Å²) in [4.78, 5) is 2.44. The zero-order valence-electron chi connectivity index (χ0n) is 14.7. The van der Waals surface area contributed by atoms with Gasteiger partial charge < -0.3 is 18.9 Å². The minimum atomic E-state index is -0.359. The highest BCUT2D eigenvalue weighted by atomic mass is 16.7. The minimum absolute atomic E-state index is 0.134. The zero-order valence-corrected chi connectivity index (χ0v) is 14.7. The number of hydrogen-bond acceptors (Lipinski definition) is 5.